The Hall–Kier alpha value is -2.75. The first kappa shape index (κ1) is 25.9. The molecule has 2 aromatic heterocycles. The second-order valence-electron chi connectivity index (χ2n) is 11.1. The fourth-order valence-electron chi connectivity index (χ4n) is 4.53. The number of nitrogens with zero attached hydrogens (tertiary/aromatic N) is 3. The predicted octanol–water partition coefficient (Wildman–Crippen LogP) is 8.00. The van der Waals surface area contributed by atoms with Crippen LogP contribution in [0.25, 0.3) is 40.4 Å². The van der Waals surface area contributed by atoms with E-state index in [1.54, 1.807) is 18.5 Å². The van der Waals surface area contributed by atoms with Crippen LogP contribution in [-0.2, 0) is 11.8 Å². The normalized spacial score (nSPS) is 13.0. The molecule has 3 aromatic carbocycles. The number of alkyl halides is 3. The van der Waals surface area contributed by atoms with Crippen molar-refractivity contribution in [2.75, 3.05) is 0 Å². The van der Waals surface area contributed by atoms with E-state index >= 15 is 0 Å². The third-order valence-electron chi connectivity index (χ3n) is 6.75. The van der Waals surface area contributed by atoms with E-state index in [0.717, 1.165) is 35.0 Å². The van der Waals surface area contributed by atoms with Crippen LogP contribution in [0.2, 0.25) is 0 Å². The molecule has 0 spiro atoms. The quantitative estimate of drug-likeness (QED) is 0.193. The molecule has 2 heterocycles. The molecule has 0 aliphatic rings. The van der Waals surface area contributed by atoms with E-state index in [9.17, 15) is 13.2 Å². The van der Waals surface area contributed by atoms with Crippen molar-refractivity contribution in [1.29, 1.82) is 0 Å². The first-order valence-electron chi connectivity index (χ1n) is 12.1. The summed E-state index contributed by atoms with van der Waals surface area (Å²) < 4.78 is 41.9. The van der Waals surface area contributed by atoms with Gasteiger partial charge in [-0.25, -0.2) is 0 Å². The maximum atomic E-state index is 13.3. The molecule has 0 aliphatic heterocycles. The zero-order valence-corrected chi connectivity index (χ0v) is 23.8. The molecular formula is C30H28F3N3Te. The Balaban J connectivity index is 1.55. The average molecular weight is 615 g/mol. The molecule has 0 aliphatic carbocycles. The van der Waals surface area contributed by atoms with Gasteiger partial charge in [-0.15, -0.1) is 0 Å². The molecule has 0 bridgehead atoms. The molecule has 0 amide bonds. The molecule has 0 radical (unpaired) electrons. The summed E-state index contributed by atoms with van der Waals surface area (Å²) in [6.07, 6.45) is -2.69. The van der Waals surface area contributed by atoms with Crippen LogP contribution in [0.3, 0.4) is 0 Å². The molecule has 0 saturated heterocycles. The number of fused-ring (bicyclic) bond motifs is 2. The van der Waals surface area contributed by atoms with E-state index in [4.69, 9.17) is 4.98 Å². The van der Waals surface area contributed by atoms with Crippen LogP contribution in [0.4, 0.5) is 13.2 Å². The standard InChI is InChI=1S/C30H28F3N3Te/c1-28(2,3)23-15-21(14-20-8-6-7-9-22(20)23)24-25-27(35-17-34-24)37-26(36-25)19-12-10-18(11-13-19)16-29(4,5)30(31,32)33/h6-15,17H,16H2,1-5H3. The van der Waals surface area contributed by atoms with Crippen LogP contribution < -0.4 is 0 Å². The fraction of sp³-hybridized carbons (Fsp3) is 0.300. The van der Waals surface area contributed by atoms with Crippen molar-refractivity contribution in [1.82, 2.24) is 15.0 Å². The first-order valence-corrected chi connectivity index (χ1v) is 14.5. The van der Waals surface area contributed by atoms with E-state index < -0.39 is 32.0 Å². The van der Waals surface area contributed by atoms with E-state index in [-0.39, 0.29) is 11.8 Å². The SMILES string of the molecule is CC(C)(C)c1cc(-c2ncnc3[te]c(-c4ccc(CC(C)(C)C(F)(F)F)cc4)nc23)cc2ccccc12. The minimum atomic E-state index is -4.25. The topological polar surface area (TPSA) is 38.7 Å². The van der Waals surface area contributed by atoms with Crippen LogP contribution in [0, 0.1) is 5.41 Å². The van der Waals surface area contributed by atoms with Gasteiger partial charge < -0.3 is 0 Å². The molecule has 5 rings (SSSR count). The average Bonchev–Trinajstić information content (AvgIpc) is 3.27. The van der Waals surface area contributed by atoms with E-state index in [0.29, 0.717) is 5.56 Å². The third kappa shape index (κ3) is 5.04. The Labute approximate surface area is 224 Å². The zero-order valence-electron chi connectivity index (χ0n) is 21.4. The van der Waals surface area contributed by atoms with Crippen LogP contribution in [0.1, 0.15) is 45.7 Å². The first-order chi connectivity index (χ1) is 17.3. The van der Waals surface area contributed by atoms with Gasteiger partial charge in [-0.2, -0.15) is 0 Å². The predicted molar refractivity (Wildman–Crippen MR) is 145 cm³/mol. The minimum absolute atomic E-state index is 0.0448. The molecule has 7 heteroatoms. The molecule has 0 atom stereocenters. The summed E-state index contributed by atoms with van der Waals surface area (Å²) in [6, 6.07) is 20.1. The van der Waals surface area contributed by atoms with Gasteiger partial charge in [0.15, 0.2) is 0 Å². The van der Waals surface area contributed by atoms with Gasteiger partial charge in [0.05, 0.1) is 0 Å². The van der Waals surface area contributed by atoms with Gasteiger partial charge in [-0.1, -0.05) is 0 Å². The molecule has 37 heavy (non-hydrogen) atoms. The summed E-state index contributed by atoms with van der Waals surface area (Å²) in [7, 11) is 0. The molecule has 0 unspecified atom stereocenters. The van der Waals surface area contributed by atoms with E-state index in [1.807, 2.05) is 18.2 Å². The Morgan fingerprint density at radius 2 is 1.51 bits per heavy atom. The van der Waals surface area contributed by atoms with Crippen molar-refractivity contribution in [3.8, 4) is 20.5 Å². The van der Waals surface area contributed by atoms with Gasteiger partial charge >= 0.3 is 225 Å². The summed E-state index contributed by atoms with van der Waals surface area (Å²) in [5, 5.41) is 2.39. The van der Waals surface area contributed by atoms with Crippen molar-refractivity contribution in [3.05, 3.63) is 78.1 Å². The number of benzene rings is 3. The second-order valence-corrected chi connectivity index (χ2v) is 13.9. The number of aromatic nitrogens is 3. The summed E-state index contributed by atoms with van der Waals surface area (Å²) in [5.41, 5.74) is 3.69. The van der Waals surface area contributed by atoms with Crippen LogP contribution in [0.5, 0.6) is 0 Å². The molecule has 0 N–H and O–H groups in total. The summed E-state index contributed by atoms with van der Waals surface area (Å²) >= 11 is -0.851. The van der Waals surface area contributed by atoms with Gasteiger partial charge in [0.2, 0.25) is 0 Å². The van der Waals surface area contributed by atoms with Crippen LogP contribution in [0.15, 0.2) is 67.0 Å². The van der Waals surface area contributed by atoms with E-state index in [2.05, 4.69) is 61.1 Å². The Morgan fingerprint density at radius 3 is 2.19 bits per heavy atom. The second kappa shape index (κ2) is 9.22. The molecular weight excluding hydrogens is 587 g/mol. The molecule has 0 fully saturated rings. The molecule has 3 nitrogen and oxygen atoms in total. The van der Waals surface area contributed by atoms with Crippen LogP contribution in [-0.4, -0.2) is 41.6 Å². The van der Waals surface area contributed by atoms with Crippen molar-refractivity contribution in [3.63, 3.8) is 0 Å². The van der Waals surface area contributed by atoms with Gasteiger partial charge in [0, 0.05) is 0 Å². The van der Waals surface area contributed by atoms with Crippen molar-refractivity contribution in [2.45, 2.75) is 52.6 Å². The number of hydrogen-bond donors (Lipinski definition) is 0. The maximum absolute atomic E-state index is 13.3. The number of hydrogen-bond acceptors (Lipinski definition) is 3. The van der Waals surface area contributed by atoms with Crippen molar-refractivity contribution < 1.29 is 13.2 Å². The van der Waals surface area contributed by atoms with Crippen LogP contribution >= 0.6 is 0 Å². The molecule has 0 saturated carbocycles. The monoisotopic (exact) mass is 617 g/mol. The van der Waals surface area contributed by atoms with Crippen molar-refractivity contribution in [2.24, 2.45) is 5.41 Å². The Morgan fingerprint density at radius 1 is 0.811 bits per heavy atom. The van der Waals surface area contributed by atoms with Crippen molar-refractivity contribution >= 4 is 40.3 Å². The third-order valence-corrected chi connectivity index (χ3v) is 9.64. The van der Waals surface area contributed by atoms with E-state index in [1.165, 1.54) is 24.8 Å². The van der Waals surface area contributed by atoms with Gasteiger partial charge in [0.1, 0.15) is 0 Å². The summed E-state index contributed by atoms with van der Waals surface area (Å²) in [6.45, 7) is 9.12. The zero-order chi connectivity index (χ0) is 26.6. The number of rotatable bonds is 4. The number of halogens is 3. The van der Waals surface area contributed by atoms with Gasteiger partial charge in [-0.3, -0.25) is 0 Å². The summed E-state index contributed by atoms with van der Waals surface area (Å²) in [5.74, 6) is 0. The molecule has 190 valence electrons. The Bertz CT molecular complexity index is 1590. The Kier molecular flexibility index (Phi) is 6.45. The van der Waals surface area contributed by atoms with Gasteiger partial charge in [-0.05, 0) is 0 Å². The van der Waals surface area contributed by atoms with Gasteiger partial charge in [0.25, 0.3) is 0 Å². The fourth-order valence-corrected chi connectivity index (χ4v) is 7.14. The summed E-state index contributed by atoms with van der Waals surface area (Å²) in [4.78, 5) is 14.2. The molecule has 5 aromatic rings.